The lowest BCUT2D eigenvalue weighted by atomic mass is 10.1. The molecule has 0 spiro atoms. The Bertz CT molecular complexity index is 906. The second-order valence-electron chi connectivity index (χ2n) is 5.22. The van der Waals surface area contributed by atoms with Crippen molar-refractivity contribution in [2.75, 3.05) is 17.2 Å². The van der Waals surface area contributed by atoms with Gasteiger partial charge in [-0.15, -0.1) is 5.10 Å². The van der Waals surface area contributed by atoms with Gasteiger partial charge in [-0.3, -0.25) is 0 Å². The molecule has 0 fully saturated rings. The number of nitrogens with zero attached hydrogens (tertiary/aromatic N) is 4. The molecule has 3 aromatic rings. The molecule has 0 bridgehead atoms. The fourth-order valence-electron chi connectivity index (χ4n) is 2.28. The van der Waals surface area contributed by atoms with Gasteiger partial charge < -0.3 is 10.6 Å². The number of para-hydroxylation sites is 1. The Morgan fingerprint density at radius 3 is 2.72 bits per heavy atom. The minimum absolute atomic E-state index is 0.230. The van der Waals surface area contributed by atoms with Gasteiger partial charge in [-0.25, -0.2) is 4.39 Å². The third kappa shape index (κ3) is 4.26. The second kappa shape index (κ2) is 7.84. The highest BCUT2D eigenvalue weighted by atomic mass is 19.1. The lowest BCUT2D eigenvalue weighted by Crippen LogP contribution is -2.10. The van der Waals surface area contributed by atoms with Gasteiger partial charge in [-0.1, -0.05) is 30.3 Å². The first-order valence-corrected chi connectivity index (χ1v) is 7.69. The van der Waals surface area contributed by atoms with Gasteiger partial charge >= 0.3 is 0 Å². The Labute approximate surface area is 144 Å². The zero-order valence-corrected chi connectivity index (χ0v) is 13.3. The van der Waals surface area contributed by atoms with E-state index in [1.165, 1.54) is 12.3 Å². The first-order chi connectivity index (χ1) is 12.3. The number of hydrogen-bond donors (Lipinski definition) is 2. The zero-order chi connectivity index (χ0) is 17.5. The first kappa shape index (κ1) is 16.3. The maximum absolute atomic E-state index is 13.6. The normalized spacial score (nSPS) is 10.1. The molecule has 0 aliphatic carbocycles. The van der Waals surface area contributed by atoms with E-state index in [-0.39, 0.29) is 5.82 Å². The smallest absolute Gasteiger partial charge is 0.244 e. The molecule has 0 radical (unpaired) electrons. The van der Waals surface area contributed by atoms with Crippen LogP contribution in [0, 0.1) is 17.1 Å². The molecule has 0 amide bonds. The number of nitrogens with one attached hydrogen (secondary N) is 2. The number of benzene rings is 2. The van der Waals surface area contributed by atoms with Crippen molar-refractivity contribution in [3.05, 3.63) is 71.7 Å². The van der Waals surface area contributed by atoms with Gasteiger partial charge in [0.1, 0.15) is 11.9 Å². The van der Waals surface area contributed by atoms with Crippen LogP contribution < -0.4 is 10.6 Å². The molecule has 6 nitrogen and oxygen atoms in total. The van der Waals surface area contributed by atoms with Crippen LogP contribution in [0.5, 0.6) is 0 Å². The number of halogens is 1. The van der Waals surface area contributed by atoms with E-state index in [4.69, 9.17) is 5.26 Å². The highest BCUT2D eigenvalue weighted by molar-refractivity contribution is 5.64. The third-order valence-electron chi connectivity index (χ3n) is 3.50. The largest absolute Gasteiger partial charge is 0.353 e. The second-order valence-corrected chi connectivity index (χ2v) is 5.22. The monoisotopic (exact) mass is 334 g/mol. The van der Waals surface area contributed by atoms with E-state index in [2.05, 4.69) is 31.9 Å². The van der Waals surface area contributed by atoms with Crippen molar-refractivity contribution < 1.29 is 4.39 Å². The van der Waals surface area contributed by atoms with E-state index in [0.717, 1.165) is 0 Å². The van der Waals surface area contributed by atoms with E-state index in [1.54, 1.807) is 36.4 Å². The van der Waals surface area contributed by atoms with Crippen LogP contribution in [-0.2, 0) is 6.42 Å². The topological polar surface area (TPSA) is 86.5 Å². The van der Waals surface area contributed by atoms with E-state index >= 15 is 0 Å². The van der Waals surface area contributed by atoms with Crippen molar-refractivity contribution in [2.24, 2.45) is 0 Å². The van der Waals surface area contributed by atoms with E-state index in [9.17, 15) is 4.39 Å². The van der Waals surface area contributed by atoms with Gasteiger partial charge in [-0.05, 0) is 30.2 Å². The molecule has 25 heavy (non-hydrogen) atoms. The summed E-state index contributed by atoms with van der Waals surface area (Å²) in [7, 11) is 0. The molecule has 7 heteroatoms. The van der Waals surface area contributed by atoms with E-state index < -0.39 is 0 Å². The average Bonchev–Trinajstić information content (AvgIpc) is 2.64. The molecule has 124 valence electrons. The van der Waals surface area contributed by atoms with Crippen molar-refractivity contribution in [1.29, 1.82) is 5.26 Å². The quantitative estimate of drug-likeness (QED) is 0.719. The Morgan fingerprint density at radius 1 is 1.08 bits per heavy atom. The van der Waals surface area contributed by atoms with Crippen LogP contribution in [0.15, 0.2) is 54.7 Å². The van der Waals surface area contributed by atoms with E-state index in [0.29, 0.717) is 41.5 Å². The summed E-state index contributed by atoms with van der Waals surface area (Å²) in [6.07, 6.45) is 1.97. The van der Waals surface area contributed by atoms with Gasteiger partial charge in [0.25, 0.3) is 0 Å². The van der Waals surface area contributed by atoms with Crippen LogP contribution in [0.3, 0.4) is 0 Å². The lowest BCUT2D eigenvalue weighted by Gasteiger charge is -2.09. The van der Waals surface area contributed by atoms with Gasteiger partial charge in [0.15, 0.2) is 5.82 Å². The minimum atomic E-state index is -0.230. The first-order valence-electron chi connectivity index (χ1n) is 7.69. The maximum atomic E-state index is 13.6. The van der Waals surface area contributed by atoms with Crippen molar-refractivity contribution in [1.82, 2.24) is 15.2 Å². The minimum Gasteiger partial charge on any atom is -0.353 e. The third-order valence-corrected chi connectivity index (χ3v) is 3.50. The summed E-state index contributed by atoms with van der Waals surface area (Å²) in [5.74, 6) is 0.564. The number of nitriles is 1. The van der Waals surface area contributed by atoms with Crippen molar-refractivity contribution >= 4 is 17.5 Å². The number of hydrogen-bond acceptors (Lipinski definition) is 6. The summed E-state index contributed by atoms with van der Waals surface area (Å²) in [5, 5.41) is 23.0. The van der Waals surface area contributed by atoms with Crippen molar-refractivity contribution in [3.63, 3.8) is 0 Å². The molecule has 0 unspecified atom stereocenters. The maximum Gasteiger partial charge on any atom is 0.244 e. The number of anilines is 3. The summed E-state index contributed by atoms with van der Waals surface area (Å²) < 4.78 is 13.6. The number of aromatic nitrogens is 3. The van der Waals surface area contributed by atoms with Crippen LogP contribution >= 0.6 is 0 Å². The highest BCUT2D eigenvalue weighted by Crippen LogP contribution is 2.18. The molecule has 0 aliphatic heterocycles. The van der Waals surface area contributed by atoms with Crippen LogP contribution in [-0.4, -0.2) is 21.7 Å². The molecule has 0 saturated heterocycles. The van der Waals surface area contributed by atoms with Gasteiger partial charge in [-0.2, -0.15) is 15.3 Å². The van der Waals surface area contributed by atoms with E-state index in [1.807, 2.05) is 6.07 Å². The number of rotatable bonds is 6. The van der Waals surface area contributed by atoms with Gasteiger partial charge in [0, 0.05) is 6.54 Å². The van der Waals surface area contributed by atoms with Gasteiger partial charge in [0.05, 0.1) is 17.4 Å². The SMILES string of the molecule is N#Cc1ccccc1Nc1cnnc(NCCc2ccccc2F)n1. The van der Waals surface area contributed by atoms with Crippen LogP contribution in [0.2, 0.25) is 0 Å². The Hall–Kier alpha value is -3.53. The predicted octanol–water partition coefficient (Wildman–Crippen LogP) is 3.28. The molecule has 3 rings (SSSR count). The highest BCUT2D eigenvalue weighted by Gasteiger charge is 2.05. The van der Waals surface area contributed by atoms with Crippen LogP contribution in [0.4, 0.5) is 21.8 Å². The molecule has 0 atom stereocenters. The molecule has 2 aromatic carbocycles. The molecule has 0 saturated carbocycles. The molecule has 0 aliphatic rings. The molecule has 1 heterocycles. The molecular weight excluding hydrogens is 319 g/mol. The average molecular weight is 334 g/mol. The lowest BCUT2D eigenvalue weighted by molar-refractivity contribution is 0.610. The summed E-state index contributed by atoms with van der Waals surface area (Å²) in [6, 6.07) is 15.9. The summed E-state index contributed by atoms with van der Waals surface area (Å²) in [4.78, 5) is 4.30. The molecule has 1 aromatic heterocycles. The summed E-state index contributed by atoms with van der Waals surface area (Å²) in [5.41, 5.74) is 1.78. The van der Waals surface area contributed by atoms with Gasteiger partial charge in [0.2, 0.25) is 5.95 Å². The Morgan fingerprint density at radius 2 is 1.88 bits per heavy atom. The zero-order valence-electron chi connectivity index (χ0n) is 13.3. The summed E-state index contributed by atoms with van der Waals surface area (Å²) in [6.45, 7) is 0.473. The summed E-state index contributed by atoms with van der Waals surface area (Å²) >= 11 is 0. The Kier molecular flexibility index (Phi) is 5.12. The fraction of sp³-hybridized carbons (Fsp3) is 0.111. The van der Waals surface area contributed by atoms with Crippen molar-refractivity contribution in [3.8, 4) is 6.07 Å². The fourth-order valence-corrected chi connectivity index (χ4v) is 2.28. The molecular formula is C18H15FN6. The van der Waals surface area contributed by atoms with Crippen molar-refractivity contribution in [2.45, 2.75) is 6.42 Å². The Balaban J connectivity index is 1.64. The van der Waals surface area contributed by atoms with Crippen LogP contribution in [0.1, 0.15) is 11.1 Å². The standard InChI is InChI=1S/C18H15FN6/c19-15-7-3-1-5-13(15)9-10-21-18-24-17(12-22-25-18)23-16-8-4-2-6-14(16)11-20/h1-8,12H,9-10H2,(H2,21,23,24,25). The predicted molar refractivity (Wildman–Crippen MR) is 92.9 cm³/mol. The van der Waals surface area contributed by atoms with Crippen LogP contribution in [0.25, 0.3) is 0 Å². The molecule has 2 N–H and O–H groups in total.